The summed E-state index contributed by atoms with van der Waals surface area (Å²) in [4.78, 5) is 6.72. The first-order valence-corrected chi connectivity index (χ1v) is 7.79. The van der Waals surface area contributed by atoms with Gasteiger partial charge in [-0.15, -0.1) is 5.10 Å². The molecule has 1 atom stereocenters. The Morgan fingerprint density at radius 2 is 2.35 bits per heavy atom. The second kappa shape index (κ2) is 7.57. The molecule has 0 amide bonds. The Hall–Kier alpha value is -1.91. The number of methoxy groups -OCH3 is 1. The number of aryl methyl sites for hydroxylation is 1. The zero-order valence-corrected chi connectivity index (χ0v) is 13.5. The van der Waals surface area contributed by atoms with E-state index >= 15 is 0 Å². The van der Waals surface area contributed by atoms with Crippen LogP contribution in [0.1, 0.15) is 30.5 Å². The monoisotopic (exact) mass is 322 g/mol. The van der Waals surface area contributed by atoms with E-state index in [4.69, 9.17) is 9.47 Å². The van der Waals surface area contributed by atoms with Crippen LogP contribution in [-0.2, 0) is 29.0 Å². The largest absolute Gasteiger partial charge is 0.383 e. The van der Waals surface area contributed by atoms with Crippen molar-refractivity contribution in [1.82, 2.24) is 40.3 Å². The second-order valence-electron chi connectivity index (χ2n) is 5.40. The molecule has 3 rings (SSSR count). The lowest BCUT2D eigenvalue weighted by Gasteiger charge is -2.31. The summed E-state index contributed by atoms with van der Waals surface area (Å²) in [5, 5.41) is 19.0. The van der Waals surface area contributed by atoms with E-state index in [-0.39, 0.29) is 6.10 Å². The van der Waals surface area contributed by atoms with Crippen molar-refractivity contribution in [2.24, 2.45) is 0 Å². The van der Waals surface area contributed by atoms with Gasteiger partial charge in [0.15, 0.2) is 5.82 Å². The van der Waals surface area contributed by atoms with E-state index in [9.17, 15) is 0 Å². The van der Waals surface area contributed by atoms with Crippen LogP contribution < -0.4 is 0 Å². The number of aromatic amines is 1. The van der Waals surface area contributed by atoms with E-state index in [2.05, 4.69) is 35.6 Å². The van der Waals surface area contributed by atoms with Crippen LogP contribution in [0.15, 0.2) is 0 Å². The summed E-state index contributed by atoms with van der Waals surface area (Å²) in [6.07, 6.45) is 0.681. The fourth-order valence-electron chi connectivity index (χ4n) is 2.56. The Bertz CT molecular complexity index is 613. The molecular formula is C13H22N8O2. The Labute approximate surface area is 134 Å². The third kappa shape index (κ3) is 3.89. The number of H-pyrrole nitrogens is 1. The standard InChI is InChI=1S/C13H22N8O2/c1-3-11-14-12(16-15-11)9-20-4-7-23-10(8-20)13-17-18-19-21(13)5-6-22-2/h10H,3-9H2,1-2H3,(H,14,15,16)/t10-/m0/s1. The van der Waals surface area contributed by atoms with Gasteiger partial charge in [0.2, 0.25) is 0 Å². The number of hydrogen-bond donors (Lipinski definition) is 1. The van der Waals surface area contributed by atoms with Crippen LogP contribution in [0.4, 0.5) is 0 Å². The average molecular weight is 322 g/mol. The Balaban J connectivity index is 1.62. The molecule has 1 N–H and O–H groups in total. The fourth-order valence-corrected chi connectivity index (χ4v) is 2.56. The maximum Gasteiger partial charge on any atom is 0.181 e. The minimum absolute atomic E-state index is 0.149. The Morgan fingerprint density at radius 1 is 1.43 bits per heavy atom. The highest BCUT2D eigenvalue weighted by Gasteiger charge is 2.27. The quantitative estimate of drug-likeness (QED) is 0.732. The number of nitrogens with one attached hydrogen (secondary N) is 1. The summed E-state index contributed by atoms with van der Waals surface area (Å²) in [5.41, 5.74) is 0. The van der Waals surface area contributed by atoms with Gasteiger partial charge in [-0.25, -0.2) is 9.67 Å². The molecule has 1 aliphatic heterocycles. The van der Waals surface area contributed by atoms with Gasteiger partial charge < -0.3 is 9.47 Å². The van der Waals surface area contributed by atoms with E-state index < -0.39 is 0 Å². The number of morpholine rings is 1. The molecule has 0 unspecified atom stereocenters. The maximum atomic E-state index is 5.85. The van der Waals surface area contributed by atoms with Crippen LogP contribution in [0, 0.1) is 0 Å². The van der Waals surface area contributed by atoms with Crippen molar-refractivity contribution in [3.05, 3.63) is 17.5 Å². The Morgan fingerprint density at radius 3 is 3.13 bits per heavy atom. The molecule has 10 heteroatoms. The third-order valence-corrected chi connectivity index (χ3v) is 3.77. The smallest absolute Gasteiger partial charge is 0.181 e. The Kier molecular flexibility index (Phi) is 5.26. The minimum atomic E-state index is -0.149. The topological polar surface area (TPSA) is 107 Å². The molecule has 3 heterocycles. The first-order valence-electron chi connectivity index (χ1n) is 7.79. The summed E-state index contributed by atoms with van der Waals surface area (Å²) in [6.45, 7) is 6.13. The van der Waals surface area contributed by atoms with Crippen molar-refractivity contribution in [3.8, 4) is 0 Å². The SMILES string of the molecule is CCc1n[nH]c(CN2CCO[C@H](c3nnnn3CCOC)C2)n1. The summed E-state index contributed by atoms with van der Waals surface area (Å²) in [5.74, 6) is 2.45. The predicted octanol–water partition coefficient (Wildman–Crippen LogP) is -0.426. The molecule has 2 aromatic rings. The molecule has 0 spiro atoms. The third-order valence-electron chi connectivity index (χ3n) is 3.77. The summed E-state index contributed by atoms with van der Waals surface area (Å²) >= 11 is 0. The molecule has 0 radical (unpaired) electrons. The van der Waals surface area contributed by atoms with Crippen molar-refractivity contribution < 1.29 is 9.47 Å². The van der Waals surface area contributed by atoms with Gasteiger partial charge in [0.05, 0.1) is 26.3 Å². The number of ether oxygens (including phenoxy) is 2. The van der Waals surface area contributed by atoms with Crippen LogP contribution in [0.5, 0.6) is 0 Å². The molecule has 23 heavy (non-hydrogen) atoms. The molecule has 1 saturated heterocycles. The second-order valence-corrected chi connectivity index (χ2v) is 5.40. The fraction of sp³-hybridized carbons (Fsp3) is 0.769. The van der Waals surface area contributed by atoms with E-state index in [1.165, 1.54) is 0 Å². The van der Waals surface area contributed by atoms with Gasteiger partial charge in [-0.3, -0.25) is 10.00 Å². The highest BCUT2D eigenvalue weighted by atomic mass is 16.5. The van der Waals surface area contributed by atoms with Crippen LogP contribution in [0.2, 0.25) is 0 Å². The highest BCUT2D eigenvalue weighted by molar-refractivity contribution is 4.94. The van der Waals surface area contributed by atoms with Crippen molar-refractivity contribution in [2.45, 2.75) is 32.5 Å². The van der Waals surface area contributed by atoms with Gasteiger partial charge in [0.25, 0.3) is 0 Å². The summed E-state index contributed by atoms with van der Waals surface area (Å²) in [6, 6.07) is 0. The molecule has 0 aliphatic carbocycles. The van der Waals surface area contributed by atoms with E-state index in [0.717, 1.165) is 37.0 Å². The van der Waals surface area contributed by atoms with Crippen LogP contribution in [-0.4, -0.2) is 73.7 Å². The van der Waals surface area contributed by atoms with E-state index in [1.807, 2.05) is 6.92 Å². The highest BCUT2D eigenvalue weighted by Crippen LogP contribution is 2.20. The van der Waals surface area contributed by atoms with Crippen molar-refractivity contribution >= 4 is 0 Å². The number of nitrogens with zero attached hydrogens (tertiary/aromatic N) is 7. The zero-order valence-electron chi connectivity index (χ0n) is 13.5. The normalized spacial score (nSPS) is 19.3. The molecule has 10 nitrogen and oxygen atoms in total. The molecule has 1 fully saturated rings. The first-order chi connectivity index (χ1) is 11.3. The molecule has 126 valence electrons. The van der Waals surface area contributed by atoms with Gasteiger partial charge in [0, 0.05) is 26.6 Å². The van der Waals surface area contributed by atoms with Gasteiger partial charge in [-0.1, -0.05) is 6.92 Å². The zero-order chi connectivity index (χ0) is 16.1. The maximum absolute atomic E-state index is 5.85. The van der Waals surface area contributed by atoms with Crippen molar-refractivity contribution in [2.75, 3.05) is 33.4 Å². The molecule has 0 bridgehead atoms. The number of tetrazole rings is 1. The molecule has 0 aromatic carbocycles. The van der Waals surface area contributed by atoms with Gasteiger partial charge >= 0.3 is 0 Å². The molecular weight excluding hydrogens is 300 g/mol. The minimum Gasteiger partial charge on any atom is -0.383 e. The van der Waals surface area contributed by atoms with E-state index in [1.54, 1.807) is 11.8 Å². The van der Waals surface area contributed by atoms with Gasteiger partial charge in [0.1, 0.15) is 17.8 Å². The van der Waals surface area contributed by atoms with Crippen molar-refractivity contribution in [1.29, 1.82) is 0 Å². The molecule has 2 aromatic heterocycles. The van der Waals surface area contributed by atoms with Crippen LogP contribution in [0.25, 0.3) is 0 Å². The van der Waals surface area contributed by atoms with Gasteiger partial charge in [-0.05, 0) is 10.4 Å². The first kappa shape index (κ1) is 16.0. The van der Waals surface area contributed by atoms with E-state index in [0.29, 0.717) is 26.3 Å². The lowest BCUT2D eigenvalue weighted by Crippen LogP contribution is -2.39. The van der Waals surface area contributed by atoms with Crippen LogP contribution >= 0.6 is 0 Å². The molecule has 1 aliphatic rings. The molecule has 0 saturated carbocycles. The lowest BCUT2D eigenvalue weighted by atomic mass is 10.2. The number of rotatable bonds is 7. The predicted molar refractivity (Wildman–Crippen MR) is 79.4 cm³/mol. The summed E-state index contributed by atoms with van der Waals surface area (Å²) < 4.78 is 12.7. The number of aromatic nitrogens is 7. The average Bonchev–Trinajstić information content (AvgIpc) is 3.22. The van der Waals surface area contributed by atoms with Gasteiger partial charge in [-0.2, -0.15) is 5.10 Å². The summed E-state index contributed by atoms with van der Waals surface area (Å²) in [7, 11) is 1.66. The number of hydrogen-bond acceptors (Lipinski definition) is 8. The van der Waals surface area contributed by atoms with Crippen molar-refractivity contribution in [3.63, 3.8) is 0 Å². The lowest BCUT2D eigenvalue weighted by molar-refractivity contribution is -0.0403. The van der Waals surface area contributed by atoms with Crippen LogP contribution in [0.3, 0.4) is 0 Å².